The zero-order chi connectivity index (χ0) is 19.1. The second kappa shape index (κ2) is 8.18. The molecular formula is C21H26ClN5O2. The minimum Gasteiger partial charge on any atom is -0.459 e. The van der Waals surface area contributed by atoms with E-state index >= 15 is 0 Å². The standard InChI is InChI=1S/C21H25N5O2.ClH/c1-14-11-15-5-3-4-6-17(15)26(14)13-16-7-10-27-19(16)21-23-20(24-28-21)18-12-22-8-9-25(18)2;/h3-7,10,14,18,22H,8-9,11-13H2,1-2H3;1H. The maximum Gasteiger partial charge on any atom is 0.294 e. The Bertz CT molecular complexity index is 971. The van der Waals surface area contributed by atoms with Crippen molar-refractivity contribution in [2.24, 2.45) is 0 Å². The maximum atomic E-state index is 5.76. The molecule has 1 aromatic carbocycles. The van der Waals surface area contributed by atoms with Crippen molar-refractivity contribution >= 4 is 18.1 Å². The van der Waals surface area contributed by atoms with Gasteiger partial charge < -0.3 is 19.2 Å². The lowest BCUT2D eigenvalue weighted by atomic mass is 10.1. The predicted molar refractivity (Wildman–Crippen MR) is 113 cm³/mol. The van der Waals surface area contributed by atoms with Gasteiger partial charge in [0.1, 0.15) is 0 Å². The van der Waals surface area contributed by atoms with Gasteiger partial charge in [-0.3, -0.25) is 4.90 Å². The lowest BCUT2D eigenvalue weighted by molar-refractivity contribution is 0.190. The first-order chi connectivity index (χ1) is 13.7. The van der Waals surface area contributed by atoms with E-state index in [-0.39, 0.29) is 18.4 Å². The summed E-state index contributed by atoms with van der Waals surface area (Å²) in [6.45, 7) is 5.79. The molecule has 0 amide bonds. The number of halogens is 1. The van der Waals surface area contributed by atoms with E-state index in [1.807, 2.05) is 6.07 Å². The first-order valence-electron chi connectivity index (χ1n) is 9.86. The Hall–Kier alpha value is -2.35. The monoisotopic (exact) mass is 415 g/mol. The SMILES string of the molecule is CC1Cc2ccccc2N1Cc1ccoc1-c1nc(C2CNCCN2C)no1.Cl. The largest absolute Gasteiger partial charge is 0.459 e. The van der Waals surface area contributed by atoms with E-state index in [2.05, 4.69) is 63.5 Å². The number of nitrogens with one attached hydrogen (secondary N) is 1. The average Bonchev–Trinajstić information content (AvgIpc) is 3.42. The van der Waals surface area contributed by atoms with E-state index in [1.54, 1.807) is 6.26 Å². The van der Waals surface area contributed by atoms with Crippen molar-refractivity contribution in [3.63, 3.8) is 0 Å². The Morgan fingerprint density at radius 3 is 2.97 bits per heavy atom. The van der Waals surface area contributed by atoms with Crippen molar-refractivity contribution in [3.8, 4) is 11.7 Å². The van der Waals surface area contributed by atoms with Gasteiger partial charge in [0.05, 0.1) is 12.3 Å². The summed E-state index contributed by atoms with van der Waals surface area (Å²) in [5.74, 6) is 1.82. The number of fused-ring (bicyclic) bond motifs is 1. The molecule has 1 N–H and O–H groups in total. The number of nitrogens with zero attached hydrogens (tertiary/aromatic N) is 4. The zero-order valence-corrected chi connectivity index (χ0v) is 17.5. The fourth-order valence-corrected chi connectivity index (χ4v) is 4.26. The molecule has 8 heteroatoms. The van der Waals surface area contributed by atoms with Crippen molar-refractivity contribution in [3.05, 3.63) is 53.5 Å². The predicted octanol–water partition coefficient (Wildman–Crippen LogP) is 3.28. The van der Waals surface area contributed by atoms with Crippen LogP contribution in [0.25, 0.3) is 11.7 Å². The Balaban J connectivity index is 0.00000205. The van der Waals surface area contributed by atoms with E-state index in [4.69, 9.17) is 8.94 Å². The molecule has 154 valence electrons. The van der Waals surface area contributed by atoms with Crippen LogP contribution in [0.3, 0.4) is 0 Å². The van der Waals surface area contributed by atoms with E-state index in [9.17, 15) is 0 Å². The number of aromatic nitrogens is 2. The summed E-state index contributed by atoms with van der Waals surface area (Å²) in [7, 11) is 2.09. The third kappa shape index (κ3) is 3.66. The Labute approximate surface area is 176 Å². The quantitative estimate of drug-likeness (QED) is 0.701. The molecule has 2 aliphatic heterocycles. The van der Waals surface area contributed by atoms with Crippen LogP contribution in [0.2, 0.25) is 0 Å². The van der Waals surface area contributed by atoms with Gasteiger partial charge in [0.2, 0.25) is 0 Å². The highest BCUT2D eigenvalue weighted by atomic mass is 35.5. The number of hydrogen-bond acceptors (Lipinski definition) is 7. The summed E-state index contributed by atoms with van der Waals surface area (Å²) < 4.78 is 11.3. The summed E-state index contributed by atoms with van der Waals surface area (Å²) in [6.07, 6.45) is 2.77. The van der Waals surface area contributed by atoms with Crippen LogP contribution >= 0.6 is 12.4 Å². The average molecular weight is 416 g/mol. The highest BCUT2D eigenvalue weighted by molar-refractivity contribution is 5.85. The van der Waals surface area contributed by atoms with E-state index < -0.39 is 0 Å². The summed E-state index contributed by atoms with van der Waals surface area (Å²) in [5.41, 5.74) is 3.75. The number of benzene rings is 1. The zero-order valence-electron chi connectivity index (χ0n) is 16.7. The first kappa shape index (κ1) is 19.9. The van der Waals surface area contributed by atoms with Crippen LogP contribution in [-0.2, 0) is 13.0 Å². The summed E-state index contributed by atoms with van der Waals surface area (Å²) in [4.78, 5) is 9.32. The molecule has 0 spiro atoms. The first-order valence-corrected chi connectivity index (χ1v) is 9.86. The molecule has 0 radical (unpaired) electrons. The topological polar surface area (TPSA) is 70.6 Å². The van der Waals surface area contributed by atoms with Crippen LogP contribution in [0, 0.1) is 0 Å². The minimum atomic E-state index is 0. The molecule has 5 rings (SSSR count). The highest BCUT2D eigenvalue weighted by Crippen LogP contribution is 2.35. The van der Waals surface area contributed by atoms with E-state index in [0.717, 1.165) is 38.2 Å². The number of para-hydroxylation sites is 1. The smallest absolute Gasteiger partial charge is 0.294 e. The molecule has 0 bridgehead atoms. The van der Waals surface area contributed by atoms with Crippen LogP contribution in [-0.4, -0.2) is 47.8 Å². The molecule has 3 aromatic rings. The third-order valence-electron chi connectivity index (χ3n) is 5.88. The molecule has 2 unspecified atom stereocenters. The van der Waals surface area contributed by atoms with E-state index in [1.165, 1.54) is 11.3 Å². The van der Waals surface area contributed by atoms with Crippen LogP contribution in [0.4, 0.5) is 5.69 Å². The molecule has 29 heavy (non-hydrogen) atoms. The van der Waals surface area contributed by atoms with Crippen molar-refractivity contribution < 1.29 is 8.94 Å². The summed E-state index contributed by atoms with van der Waals surface area (Å²) in [5, 5.41) is 7.62. The molecule has 2 aromatic heterocycles. The molecular weight excluding hydrogens is 390 g/mol. The third-order valence-corrected chi connectivity index (χ3v) is 5.88. The second-order valence-electron chi connectivity index (χ2n) is 7.74. The van der Waals surface area contributed by atoms with Gasteiger partial charge in [-0.15, -0.1) is 12.4 Å². The van der Waals surface area contributed by atoms with E-state index in [0.29, 0.717) is 23.5 Å². The van der Waals surface area contributed by atoms with Gasteiger partial charge in [-0.25, -0.2) is 0 Å². The Kier molecular flexibility index (Phi) is 5.63. The van der Waals surface area contributed by atoms with Crippen LogP contribution < -0.4 is 10.2 Å². The second-order valence-corrected chi connectivity index (χ2v) is 7.74. The number of furan rings is 1. The fourth-order valence-electron chi connectivity index (χ4n) is 4.26. The van der Waals surface area contributed by atoms with Gasteiger partial charge in [0.25, 0.3) is 5.89 Å². The van der Waals surface area contributed by atoms with Crippen molar-refractivity contribution in [1.82, 2.24) is 20.4 Å². The Morgan fingerprint density at radius 1 is 1.24 bits per heavy atom. The van der Waals surface area contributed by atoms with Gasteiger partial charge in [0.15, 0.2) is 11.6 Å². The number of anilines is 1. The van der Waals surface area contributed by atoms with Gasteiger partial charge in [-0.05, 0) is 38.1 Å². The Morgan fingerprint density at radius 2 is 2.10 bits per heavy atom. The molecule has 2 atom stereocenters. The van der Waals surface area contributed by atoms with Crippen LogP contribution in [0.1, 0.15) is 29.9 Å². The molecule has 2 aliphatic rings. The molecule has 1 fully saturated rings. The van der Waals surface area contributed by atoms with Gasteiger partial charge in [0, 0.05) is 43.5 Å². The normalized spacial score (nSPS) is 21.8. The fraction of sp³-hybridized carbons (Fsp3) is 0.429. The lowest BCUT2D eigenvalue weighted by Gasteiger charge is -2.30. The van der Waals surface area contributed by atoms with Crippen molar-refractivity contribution in [2.75, 3.05) is 31.6 Å². The number of hydrogen-bond donors (Lipinski definition) is 1. The molecule has 7 nitrogen and oxygen atoms in total. The van der Waals surface area contributed by atoms with Crippen LogP contribution in [0.5, 0.6) is 0 Å². The number of likely N-dealkylation sites (N-methyl/N-ethyl adjacent to an activating group) is 1. The molecule has 4 heterocycles. The maximum absolute atomic E-state index is 5.76. The van der Waals surface area contributed by atoms with Crippen LogP contribution in [0.15, 0.2) is 45.5 Å². The number of rotatable bonds is 4. The highest BCUT2D eigenvalue weighted by Gasteiger charge is 2.29. The molecule has 0 saturated carbocycles. The van der Waals surface area contributed by atoms with Crippen molar-refractivity contribution in [2.45, 2.75) is 32.0 Å². The number of piperazine rings is 1. The van der Waals surface area contributed by atoms with Gasteiger partial charge in [-0.2, -0.15) is 4.98 Å². The lowest BCUT2D eigenvalue weighted by Crippen LogP contribution is -2.44. The molecule has 1 saturated heterocycles. The molecule has 0 aliphatic carbocycles. The van der Waals surface area contributed by atoms with Crippen molar-refractivity contribution in [1.29, 1.82) is 0 Å². The summed E-state index contributed by atoms with van der Waals surface area (Å²) >= 11 is 0. The van der Waals surface area contributed by atoms with Gasteiger partial charge in [-0.1, -0.05) is 23.4 Å². The summed E-state index contributed by atoms with van der Waals surface area (Å²) in [6, 6.07) is 11.2. The minimum absolute atomic E-state index is 0. The van der Waals surface area contributed by atoms with Gasteiger partial charge >= 0.3 is 0 Å².